The van der Waals surface area contributed by atoms with Gasteiger partial charge in [0.05, 0.1) is 26.4 Å². The number of halogens is 1. The number of sulfone groups is 1. The average Bonchev–Trinajstić information content (AvgIpc) is 2.84. The van der Waals surface area contributed by atoms with Gasteiger partial charge in [0.1, 0.15) is 11.4 Å². The van der Waals surface area contributed by atoms with Crippen LogP contribution in [0.3, 0.4) is 0 Å². The van der Waals surface area contributed by atoms with Crippen LogP contribution >= 0.6 is 0 Å². The highest BCUT2D eigenvalue weighted by Gasteiger charge is 2.27. The van der Waals surface area contributed by atoms with E-state index in [0.29, 0.717) is 16.7 Å². The molecule has 0 saturated carbocycles. The second-order valence-corrected chi connectivity index (χ2v) is 16.0. The third-order valence-electron chi connectivity index (χ3n) is 6.09. The molecular formula is C30H38FN3O6S2. The number of carbonyl (C=O) groups is 1. The number of ether oxygens (including phenoxy) is 1. The molecule has 2 aromatic carbocycles. The fraction of sp³-hybridized carbons (Fsp3) is 0.400. The van der Waals surface area contributed by atoms with Crippen LogP contribution < -0.4 is 15.6 Å². The monoisotopic (exact) mass is 619 g/mol. The van der Waals surface area contributed by atoms with Gasteiger partial charge in [0, 0.05) is 42.2 Å². The number of hydrogen-bond acceptors (Lipinski definition) is 6. The van der Waals surface area contributed by atoms with E-state index in [2.05, 4.69) is 10.0 Å². The van der Waals surface area contributed by atoms with Gasteiger partial charge in [0.25, 0.3) is 5.56 Å². The van der Waals surface area contributed by atoms with Gasteiger partial charge in [-0.2, -0.15) is 0 Å². The molecule has 228 valence electrons. The van der Waals surface area contributed by atoms with Crippen molar-refractivity contribution in [2.24, 2.45) is 7.05 Å². The predicted octanol–water partition coefficient (Wildman–Crippen LogP) is 5.63. The van der Waals surface area contributed by atoms with Crippen LogP contribution in [-0.2, 0) is 38.4 Å². The van der Waals surface area contributed by atoms with E-state index in [9.17, 15) is 26.6 Å². The molecular weight excluding hydrogens is 581 g/mol. The maximum atomic E-state index is 13.8. The Kier molecular flexibility index (Phi) is 9.85. The summed E-state index contributed by atoms with van der Waals surface area (Å²) in [7, 11) is -3.99. The maximum absolute atomic E-state index is 13.8. The molecule has 1 unspecified atom stereocenters. The Labute approximate surface area is 249 Å². The number of nitrogens with zero attached hydrogens (tertiary/aromatic N) is 1. The van der Waals surface area contributed by atoms with Crippen LogP contribution in [0.5, 0.6) is 0 Å². The van der Waals surface area contributed by atoms with Crippen LogP contribution in [0, 0.1) is 5.82 Å². The Morgan fingerprint density at radius 1 is 1.02 bits per heavy atom. The lowest BCUT2D eigenvalue weighted by atomic mass is 9.97. The van der Waals surface area contributed by atoms with E-state index >= 15 is 0 Å². The minimum Gasteiger partial charge on any atom is -0.444 e. The van der Waals surface area contributed by atoms with Crippen molar-refractivity contribution < 1.29 is 26.5 Å². The van der Waals surface area contributed by atoms with E-state index in [1.165, 1.54) is 66.3 Å². The number of amides is 1. The van der Waals surface area contributed by atoms with Crippen LogP contribution in [0.2, 0.25) is 0 Å². The second-order valence-electron chi connectivity index (χ2n) is 12.0. The van der Waals surface area contributed by atoms with Crippen molar-refractivity contribution in [3.8, 4) is 11.1 Å². The zero-order valence-corrected chi connectivity index (χ0v) is 26.7. The summed E-state index contributed by atoms with van der Waals surface area (Å²) in [6.45, 7) is 12.3. The Morgan fingerprint density at radius 3 is 2.21 bits per heavy atom. The van der Waals surface area contributed by atoms with E-state index < -0.39 is 54.9 Å². The lowest BCUT2D eigenvalue weighted by molar-refractivity contribution is 0.0636. The highest BCUT2D eigenvalue weighted by Crippen LogP contribution is 2.36. The summed E-state index contributed by atoms with van der Waals surface area (Å²) in [4.78, 5) is 25.2. The van der Waals surface area contributed by atoms with Crippen molar-refractivity contribution in [3.63, 3.8) is 0 Å². The van der Waals surface area contributed by atoms with Crippen LogP contribution in [0.4, 0.5) is 14.9 Å². The molecule has 0 aliphatic heterocycles. The van der Waals surface area contributed by atoms with Crippen LogP contribution in [0.1, 0.15) is 65.6 Å². The zero-order chi connectivity index (χ0) is 31.6. The maximum Gasteiger partial charge on any atom is 0.412 e. The van der Waals surface area contributed by atoms with E-state index in [4.69, 9.17) is 4.74 Å². The van der Waals surface area contributed by atoms with Crippen molar-refractivity contribution in [2.45, 2.75) is 75.5 Å². The molecule has 9 nitrogen and oxygen atoms in total. The Bertz CT molecular complexity index is 1650. The lowest BCUT2D eigenvalue weighted by Crippen LogP contribution is -2.35. The van der Waals surface area contributed by atoms with E-state index in [1.807, 2.05) is 0 Å². The van der Waals surface area contributed by atoms with Crippen molar-refractivity contribution >= 4 is 32.6 Å². The fourth-order valence-corrected chi connectivity index (χ4v) is 6.38. The first-order valence-corrected chi connectivity index (χ1v) is 16.1. The van der Waals surface area contributed by atoms with Gasteiger partial charge in [-0.15, -0.1) is 0 Å². The summed E-state index contributed by atoms with van der Waals surface area (Å²) in [6.07, 6.45) is 0.783. The minimum atomic E-state index is -4.02. The molecule has 0 saturated heterocycles. The minimum absolute atomic E-state index is 0.0643. The molecule has 0 spiro atoms. The van der Waals surface area contributed by atoms with Crippen LogP contribution in [0.15, 0.2) is 64.4 Å². The van der Waals surface area contributed by atoms with Crippen molar-refractivity contribution in [1.82, 2.24) is 9.29 Å². The van der Waals surface area contributed by atoms with Crippen molar-refractivity contribution in [3.05, 3.63) is 82.0 Å². The summed E-state index contributed by atoms with van der Waals surface area (Å²) in [6, 6.07) is 10.2. The van der Waals surface area contributed by atoms with Gasteiger partial charge in [-0.1, -0.05) is 12.1 Å². The Morgan fingerprint density at radius 2 is 1.64 bits per heavy atom. The molecule has 0 aliphatic carbocycles. The Balaban J connectivity index is 2.23. The standard InChI is InChI=1S/C30H38FN3O6S2/c1-19(33-41(37)30(5,6)7)23-16-27(35)34(8)17-25(23)24-15-22(32-28(36)40-29(2,3)4)13-14-26(24)42(38,39)18-20-9-11-21(31)12-10-20/h9-17,19,33H,18H2,1-8H3,(H,32,36)/t19?,41-/m0/s1. The van der Waals surface area contributed by atoms with Crippen LogP contribution in [-0.4, -0.2) is 33.6 Å². The number of aryl methyl sites for hydroxylation is 1. The number of rotatable bonds is 8. The molecule has 3 rings (SSSR count). The summed E-state index contributed by atoms with van der Waals surface area (Å²) in [5.74, 6) is -0.902. The molecule has 0 fully saturated rings. The van der Waals surface area contributed by atoms with Gasteiger partial charge < -0.3 is 9.30 Å². The first-order valence-electron chi connectivity index (χ1n) is 13.3. The summed E-state index contributed by atoms with van der Waals surface area (Å²) < 4.78 is 63.1. The smallest absolute Gasteiger partial charge is 0.412 e. The highest BCUT2D eigenvalue weighted by molar-refractivity contribution is 7.90. The second kappa shape index (κ2) is 12.5. The molecule has 2 N–H and O–H groups in total. The summed E-state index contributed by atoms with van der Waals surface area (Å²) in [5.41, 5.74) is 0.555. The normalized spacial score (nSPS) is 13.8. The number of pyridine rings is 1. The number of nitrogens with one attached hydrogen (secondary N) is 2. The topological polar surface area (TPSA) is 124 Å². The predicted molar refractivity (Wildman–Crippen MR) is 164 cm³/mol. The van der Waals surface area contributed by atoms with Crippen LogP contribution in [0.25, 0.3) is 11.1 Å². The number of aromatic nitrogens is 1. The molecule has 3 aromatic rings. The molecule has 1 heterocycles. The van der Waals surface area contributed by atoms with Gasteiger partial charge in [0.2, 0.25) is 0 Å². The van der Waals surface area contributed by atoms with Gasteiger partial charge in [-0.05, 0) is 89.9 Å². The van der Waals surface area contributed by atoms with Gasteiger partial charge in [0.15, 0.2) is 9.84 Å². The number of anilines is 1. The lowest BCUT2D eigenvalue weighted by Gasteiger charge is -2.25. The number of hydrogen-bond donors (Lipinski definition) is 2. The summed E-state index contributed by atoms with van der Waals surface area (Å²) in [5, 5.41) is 2.64. The van der Waals surface area contributed by atoms with Gasteiger partial charge in [-0.25, -0.2) is 26.5 Å². The van der Waals surface area contributed by atoms with Crippen molar-refractivity contribution in [2.75, 3.05) is 5.32 Å². The number of carbonyl (C=O) groups excluding carboxylic acids is 1. The zero-order valence-electron chi connectivity index (χ0n) is 25.1. The van der Waals surface area contributed by atoms with Gasteiger partial charge in [-0.3, -0.25) is 10.1 Å². The van der Waals surface area contributed by atoms with E-state index in [1.54, 1.807) is 48.5 Å². The molecule has 2 atom stereocenters. The molecule has 0 aliphatic rings. The van der Waals surface area contributed by atoms with Crippen molar-refractivity contribution in [1.29, 1.82) is 0 Å². The molecule has 12 heteroatoms. The molecule has 0 bridgehead atoms. The first kappa shape index (κ1) is 33.2. The number of benzene rings is 2. The largest absolute Gasteiger partial charge is 0.444 e. The Hall–Kier alpha value is -3.35. The molecule has 42 heavy (non-hydrogen) atoms. The average molecular weight is 620 g/mol. The molecule has 0 radical (unpaired) electrons. The summed E-state index contributed by atoms with van der Waals surface area (Å²) >= 11 is 0. The highest BCUT2D eigenvalue weighted by atomic mass is 32.2. The van der Waals surface area contributed by atoms with E-state index in [0.717, 1.165) is 0 Å². The van der Waals surface area contributed by atoms with Gasteiger partial charge >= 0.3 is 6.09 Å². The first-order chi connectivity index (χ1) is 19.3. The molecule has 1 amide bonds. The quantitative estimate of drug-likeness (QED) is 0.337. The SMILES string of the molecule is CC(N[S@@](=O)C(C)(C)C)c1cc(=O)n(C)cc1-c1cc(NC(=O)OC(C)(C)C)ccc1S(=O)(=O)Cc1ccc(F)cc1. The van der Waals surface area contributed by atoms with E-state index in [-0.39, 0.29) is 21.7 Å². The molecule has 1 aromatic heterocycles. The third-order valence-corrected chi connectivity index (χ3v) is 9.51. The third kappa shape index (κ3) is 8.59. The fourth-order valence-electron chi connectivity index (χ4n) is 4.02.